The molecule has 0 unspecified atom stereocenters. The fourth-order valence-corrected chi connectivity index (χ4v) is 7.48. The van der Waals surface area contributed by atoms with Gasteiger partial charge in [-0.25, -0.2) is 4.85 Å². The van der Waals surface area contributed by atoms with E-state index >= 15 is 0 Å². The molecule has 0 atom stereocenters. The molecule has 0 N–H and O–H groups in total. The summed E-state index contributed by atoms with van der Waals surface area (Å²) in [6.07, 6.45) is 0. The van der Waals surface area contributed by atoms with Gasteiger partial charge in [0.1, 0.15) is 0 Å². The van der Waals surface area contributed by atoms with E-state index in [9.17, 15) is 5.26 Å². The summed E-state index contributed by atoms with van der Waals surface area (Å²) < 4.78 is 4.82. The number of rotatable bonds is 3. The number of hydrogen-bond acceptors (Lipinski definition) is 2. The average molecular weight is 590 g/mol. The van der Waals surface area contributed by atoms with Crippen molar-refractivity contribution in [2.45, 2.75) is 19.9 Å². The van der Waals surface area contributed by atoms with Gasteiger partial charge < -0.3 is 14.0 Å². The van der Waals surface area contributed by atoms with Gasteiger partial charge in [0, 0.05) is 33.3 Å². The van der Waals surface area contributed by atoms with Crippen LogP contribution in [0.3, 0.4) is 0 Å². The highest BCUT2D eigenvalue weighted by atomic mass is 15.2. The predicted molar refractivity (Wildman–Crippen MR) is 189 cm³/mol. The van der Waals surface area contributed by atoms with Gasteiger partial charge in [-0.15, -0.1) is 0 Å². The summed E-state index contributed by atoms with van der Waals surface area (Å²) in [6.45, 7) is 12.2. The van der Waals surface area contributed by atoms with Crippen LogP contribution in [-0.4, -0.2) is 15.2 Å². The third-order valence-corrected chi connectivity index (χ3v) is 9.37. The van der Waals surface area contributed by atoms with Crippen molar-refractivity contribution in [1.29, 1.82) is 5.26 Å². The Hall–Kier alpha value is -6.30. The Morgan fingerprint density at radius 2 is 1.37 bits per heavy atom. The molecule has 0 fully saturated rings. The molecule has 5 heteroatoms. The molecule has 6 aromatic carbocycles. The molecule has 9 rings (SSSR count). The third-order valence-electron chi connectivity index (χ3n) is 9.37. The molecule has 5 nitrogen and oxygen atoms in total. The van der Waals surface area contributed by atoms with Crippen LogP contribution in [0.1, 0.15) is 19.4 Å². The summed E-state index contributed by atoms with van der Waals surface area (Å²) >= 11 is 0. The van der Waals surface area contributed by atoms with E-state index < -0.39 is 0 Å². The van der Waals surface area contributed by atoms with Crippen molar-refractivity contribution in [3.63, 3.8) is 0 Å². The van der Waals surface area contributed by atoms with Crippen LogP contribution in [0.4, 0.5) is 17.1 Å². The maximum Gasteiger partial charge on any atom is 0.189 e. The second kappa shape index (κ2) is 9.60. The van der Waals surface area contributed by atoms with E-state index in [-0.39, 0.29) is 6.04 Å². The summed E-state index contributed by atoms with van der Waals surface area (Å²) in [5, 5.41) is 14.2. The number of anilines is 2. The lowest BCUT2D eigenvalue weighted by Gasteiger charge is -2.36. The van der Waals surface area contributed by atoms with Gasteiger partial charge >= 0.3 is 0 Å². The molecule has 1 aliphatic heterocycles. The smallest absolute Gasteiger partial charge is 0.189 e. The van der Waals surface area contributed by atoms with Crippen LogP contribution < -0.4 is 4.90 Å². The first-order valence-electron chi connectivity index (χ1n) is 15.5. The standard InChI is InChI=1S/C41H27N5/c1-25(2)44-37-22-29(43-3)18-20-36(37)46-35-19-17-28(27-15-13-26(24-42)14-16-27)21-33(35)39-40-32(23-38(44)41(39)46)31-11-7-8-12-34(31)45(40)30-9-5-4-6-10-30/h4-23,25H,1-2H3. The first-order valence-corrected chi connectivity index (χ1v) is 15.5. The number of benzene rings is 6. The van der Waals surface area contributed by atoms with E-state index in [0.29, 0.717) is 11.3 Å². The zero-order chi connectivity index (χ0) is 31.1. The Bertz CT molecular complexity index is 2620. The summed E-state index contributed by atoms with van der Waals surface area (Å²) in [6, 6.07) is 44.7. The Morgan fingerprint density at radius 3 is 2.13 bits per heavy atom. The van der Waals surface area contributed by atoms with E-state index in [4.69, 9.17) is 6.57 Å². The lowest BCUT2D eigenvalue weighted by atomic mass is 10.00. The van der Waals surface area contributed by atoms with Crippen LogP contribution in [0, 0.1) is 17.9 Å². The Morgan fingerprint density at radius 1 is 0.630 bits per heavy atom. The Kier molecular flexibility index (Phi) is 5.45. The van der Waals surface area contributed by atoms with Gasteiger partial charge in [0.15, 0.2) is 5.69 Å². The highest BCUT2D eigenvalue weighted by Gasteiger charge is 2.32. The van der Waals surface area contributed by atoms with E-state index in [2.05, 4.69) is 124 Å². The lowest BCUT2D eigenvalue weighted by Crippen LogP contribution is -2.29. The van der Waals surface area contributed by atoms with Crippen molar-refractivity contribution in [3.05, 3.63) is 138 Å². The molecule has 1 aliphatic rings. The second-order valence-electron chi connectivity index (χ2n) is 12.2. The number of fused-ring (bicyclic) bond motifs is 9. The van der Waals surface area contributed by atoms with Crippen LogP contribution in [0.25, 0.3) is 71.0 Å². The molecule has 0 aliphatic carbocycles. The first kappa shape index (κ1) is 26.1. The highest BCUT2D eigenvalue weighted by molar-refractivity contribution is 6.30. The molecule has 0 amide bonds. The molecule has 2 aromatic heterocycles. The van der Waals surface area contributed by atoms with Crippen molar-refractivity contribution in [3.8, 4) is 28.6 Å². The van der Waals surface area contributed by atoms with Crippen molar-refractivity contribution in [2.24, 2.45) is 0 Å². The van der Waals surface area contributed by atoms with Gasteiger partial charge in [-0.1, -0.05) is 60.7 Å². The molecule has 0 spiro atoms. The molecule has 0 saturated heterocycles. The topological polar surface area (TPSA) is 41.2 Å². The quantitative estimate of drug-likeness (QED) is 0.192. The first-order chi connectivity index (χ1) is 22.6. The van der Waals surface area contributed by atoms with Gasteiger partial charge in [-0.2, -0.15) is 5.26 Å². The largest absolute Gasteiger partial charge is 0.336 e. The second-order valence-corrected chi connectivity index (χ2v) is 12.2. The van der Waals surface area contributed by atoms with Gasteiger partial charge in [0.05, 0.1) is 57.3 Å². The van der Waals surface area contributed by atoms with E-state index in [1.807, 2.05) is 36.4 Å². The normalized spacial score (nSPS) is 12.2. The predicted octanol–water partition coefficient (Wildman–Crippen LogP) is 10.8. The zero-order valence-electron chi connectivity index (χ0n) is 25.4. The molecule has 8 aromatic rings. The van der Waals surface area contributed by atoms with Gasteiger partial charge in [0.25, 0.3) is 0 Å². The molecular formula is C41H27N5. The summed E-state index contributed by atoms with van der Waals surface area (Å²) in [7, 11) is 0. The van der Waals surface area contributed by atoms with Crippen LogP contribution in [0.5, 0.6) is 0 Å². The molecule has 216 valence electrons. The number of nitriles is 1. The number of nitrogens with zero attached hydrogens (tertiary/aromatic N) is 5. The maximum atomic E-state index is 9.40. The average Bonchev–Trinajstić information content (AvgIpc) is 3.62. The lowest BCUT2D eigenvalue weighted by molar-refractivity contribution is 0.782. The fourth-order valence-electron chi connectivity index (χ4n) is 7.48. The zero-order valence-corrected chi connectivity index (χ0v) is 25.4. The SMILES string of the molecule is [C-]#[N+]c1ccc2c(c1)N(C(C)C)c1cc3c4ccccc4n(-c4ccccc4)c3c3c4cc(-c5ccc(C#N)cc5)ccc4n-2c13. The Labute approximate surface area is 266 Å². The van der Waals surface area contributed by atoms with Crippen molar-refractivity contribution >= 4 is 60.7 Å². The van der Waals surface area contributed by atoms with Crippen molar-refractivity contribution < 1.29 is 0 Å². The fraction of sp³-hybridized carbons (Fsp3) is 0.0732. The van der Waals surface area contributed by atoms with E-state index in [0.717, 1.165) is 55.8 Å². The number of hydrogen-bond donors (Lipinski definition) is 0. The van der Waals surface area contributed by atoms with Gasteiger partial charge in [0.2, 0.25) is 0 Å². The molecule has 3 heterocycles. The van der Waals surface area contributed by atoms with Gasteiger partial charge in [-0.05, 0) is 85.6 Å². The van der Waals surface area contributed by atoms with Crippen LogP contribution >= 0.6 is 0 Å². The minimum atomic E-state index is 0.156. The summed E-state index contributed by atoms with van der Waals surface area (Å²) in [4.78, 5) is 6.21. The number of para-hydroxylation sites is 2. The van der Waals surface area contributed by atoms with Crippen LogP contribution in [0.2, 0.25) is 0 Å². The third kappa shape index (κ3) is 3.49. The van der Waals surface area contributed by atoms with E-state index in [1.54, 1.807) is 0 Å². The summed E-state index contributed by atoms with van der Waals surface area (Å²) in [5.74, 6) is 0. The molecule has 0 bridgehead atoms. The molecular weight excluding hydrogens is 562 g/mol. The monoisotopic (exact) mass is 589 g/mol. The van der Waals surface area contributed by atoms with Crippen molar-refractivity contribution in [1.82, 2.24) is 9.13 Å². The van der Waals surface area contributed by atoms with Crippen LogP contribution in [0.15, 0.2) is 121 Å². The van der Waals surface area contributed by atoms with Crippen LogP contribution in [-0.2, 0) is 0 Å². The summed E-state index contributed by atoms with van der Waals surface area (Å²) in [5.41, 5.74) is 12.4. The molecule has 0 radical (unpaired) electrons. The minimum Gasteiger partial charge on any atom is -0.336 e. The Balaban J connectivity index is 1.53. The van der Waals surface area contributed by atoms with E-state index in [1.165, 1.54) is 21.7 Å². The van der Waals surface area contributed by atoms with Gasteiger partial charge in [-0.3, -0.25) is 0 Å². The molecule has 46 heavy (non-hydrogen) atoms. The maximum absolute atomic E-state index is 9.40. The highest BCUT2D eigenvalue weighted by Crippen LogP contribution is 2.52. The van der Waals surface area contributed by atoms with Crippen molar-refractivity contribution in [2.75, 3.05) is 4.90 Å². The number of aromatic nitrogens is 2. The molecule has 0 saturated carbocycles. The minimum absolute atomic E-state index is 0.156.